The third-order valence-electron chi connectivity index (χ3n) is 2.72. The fourth-order valence-corrected chi connectivity index (χ4v) is 1.50. The molecule has 1 heterocycles. The van der Waals surface area contributed by atoms with Gasteiger partial charge in [-0.25, -0.2) is 0 Å². The summed E-state index contributed by atoms with van der Waals surface area (Å²) in [6.45, 7) is 3.00. The number of aliphatic hydroxyl groups is 4. The lowest BCUT2D eigenvalue weighted by atomic mass is 10.1. The molecule has 1 rings (SSSR count). The summed E-state index contributed by atoms with van der Waals surface area (Å²) in [6, 6.07) is 0. The van der Waals surface area contributed by atoms with E-state index in [-0.39, 0.29) is 5.92 Å². The Bertz CT molecular complexity index is 357. The van der Waals surface area contributed by atoms with Gasteiger partial charge in [-0.2, -0.15) is 0 Å². The van der Waals surface area contributed by atoms with Gasteiger partial charge in [-0.15, -0.1) is 0 Å². The van der Waals surface area contributed by atoms with E-state index in [1.54, 1.807) is 13.8 Å². The first-order valence-corrected chi connectivity index (χ1v) is 6.29. The molecule has 0 bridgehead atoms. The van der Waals surface area contributed by atoms with E-state index >= 15 is 0 Å². The number of esters is 1. The molecule has 0 aromatic heterocycles. The van der Waals surface area contributed by atoms with Crippen LogP contribution in [0.5, 0.6) is 0 Å². The van der Waals surface area contributed by atoms with Crippen LogP contribution in [0.4, 0.5) is 0 Å². The molecule has 1 aliphatic heterocycles. The highest BCUT2D eigenvalue weighted by atomic mass is 16.8. The third-order valence-corrected chi connectivity index (χ3v) is 2.72. The van der Waals surface area contributed by atoms with E-state index in [9.17, 15) is 19.8 Å². The minimum atomic E-state index is -1.99. The Morgan fingerprint density at radius 1 is 1.29 bits per heavy atom. The summed E-state index contributed by atoms with van der Waals surface area (Å²) in [6.07, 6.45) is -4.10. The highest BCUT2D eigenvalue weighted by Crippen LogP contribution is 2.32. The molecule has 0 amide bonds. The van der Waals surface area contributed by atoms with Crippen LogP contribution in [0.1, 0.15) is 20.8 Å². The summed E-state index contributed by atoms with van der Waals surface area (Å²) in [4.78, 5) is 20.4. The molecule has 9 nitrogen and oxygen atoms in total. The maximum atomic E-state index is 10.7. The predicted octanol–water partition coefficient (Wildman–Crippen LogP) is -1.92. The van der Waals surface area contributed by atoms with Crippen molar-refractivity contribution in [3.63, 3.8) is 0 Å². The van der Waals surface area contributed by atoms with Crippen molar-refractivity contribution in [1.82, 2.24) is 0 Å². The molecule has 4 atom stereocenters. The van der Waals surface area contributed by atoms with Crippen molar-refractivity contribution in [3.05, 3.63) is 0 Å². The van der Waals surface area contributed by atoms with Crippen LogP contribution in [0.3, 0.4) is 0 Å². The normalized spacial score (nSPS) is 31.5. The van der Waals surface area contributed by atoms with Gasteiger partial charge in [-0.1, -0.05) is 13.8 Å². The number of carbonyl (C=O) groups is 2. The number of carbonyl (C=O) groups excluding carboxylic acids is 1. The molecule has 0 radical (unpaired) electrons. The van der Waals surface area contributed by atoms with E-state index in [0.29, 0.717) is 0 Å². The number of aliphatic carboxylic acids is 1. The lowest BCUT2D eigenvalue weighted by Crippen LogP contribution is -2.49. The smallest absolute Gasteiger partial charge is 0.305 e. The molecule has 0 spiro atoms. The average molecular weight is 310 g/mol. The number of hydrogen-bond acceptors (Lipinski definition) is 8. The minimum Gasteiger partial charge on any atom is -0.481 e. The second kappa shape index (κ2) is 8.25. The third kappa shape index (κ3) is 5.21. The van der Waals surface area contributed by atoms with E-state index in [0.717, 1.165) is 6.92 Å². The van der Waals surface area contributed by atoms with Gasteiger partial charge in [0, 0.05) is 6.92 Å². The van der Waals surface area contributed by atoms with Crippen LogP contribution in [0.25, 0.3) is 0 Å². The quantitative estimate of drug-likeness (QED) is 0.374. The topological polar surface area (TPSA) is 154 Å². The Morgan fingerprint density at radius 3 is 2.00 bits per heavy atom. The van der Waals surface area contributed by atoms with Gasteiger partial charge in [0.05, 0.1) is 12.5 Å². The summed E-state index contributed by atoms with van der Waals surface area (Å²) in [5, 5.41) is 44.7. The number of carboxylic acids is 1. The van der Waals surface area contributed by atoms with Gasteiger partial charge >= 0.3 is 11.9 Å². The molecule has 9 heteroatoms. The van der Waals surface area contributed by atoms with E-state index in [1.165, 1.54) is 0 Å². The molecule has 1 saturated heterocycles. The molecule has 0 saturated carbocycles. The Hall–Kier alpha value is -1.26. The number of ether oxygens (including phenoxy) is 2. The summed E-state index contributed by atoms with van der Waals surface area (Å²) >= 11 is 0. The first kappa shape index (κ1) is 19.7. The zero-order valence-electron chi connectivity index (χ0n) is 12.1. The molecule has 0 aromatic rings. The molecule has 1 fully saturated rings. The van der Waals surface area contributed by atoms with Gasteiger partial charge in [0.25, 0.3) is 5.79 Å². The van der Waals surface area contributed by atoms with Crippen LogP contribution < -0.4 is 0 Å². The zero-order valence-corrected chi connectivity index (χ0v) is 12.1. The lowest BCUT2D eigenvalue weighted by molar-refractivity contribution is -0.263. The fourth-order valence-electron chi connectivity index (χ4n) is 1.50. The SMILES string of the molecule is CC(=O)O[C@]1(CO)O[C@H](CO)[C@@H](O)[C@@H]1O.CC(C)C(=O)O. The second-order valence-corrected chi connectivity index (χ2v) is 4.83. The van der Waals surface area contributed by atoms with Crippen LogP contribution in [0.2, 0.25) is 0 Å². The van der Waals surface area contributed by atoms with Crippen LogP contribution in [-0.2, 0) is 19.1 Å². The van der Waals surface area contributed by atoms with Gasteiger partial charge in [0.15, 0.2) is 6.10 Å². The van der Waals surface area contributed by atoms with Crippen molar-refractivity contribution in [1.29, 1.82) is 0 Å². The van der Waals surface area contributed by atoms with Crippen molar-refractivity contribution < 1.29 is 44.6 Å². The predicted molar refractivity (Wildman–Crippen MR) is 68.0 cm³/mol. The van der Waals surface area contributed by atoms with E-state index in [2.05, 4.69) is 4.74 Å². The molecule has 0 unspecified atom stereocenters. The van der Waals surface area contributed by atoms with Crippen molar-refractivity contribution in [2.24, 2.45) is 5.92 Å². The highest BCUT2D eigenvalue weighted by Gasteiger charge is 2.56. The lowest BCUT2D eigenvalue weighted by Gasteiger charge is -2.28. The molecule has 124 valence electrons. The Kier molecular flexibility index (Phi) is 7.75. The van der Waals surface area contributed by atoms with E-state index in [4.69, 9.17) is 20.1 Å². The first-order chi connectivity index (χ1) is 9.61. The van der Waals surface area contributed by atoms with E-state index in [1.807, 2.05) is 0 Å². The summed E-state index contributed by atoms with van der Waals surface area (Å²) < 4.78 is 9.57. The monoisotopic (exact) mass is 310 g/mol. The first-order valence-electron chi connectivity index (χ1n) is 6.29. The molecular weight excluding hydrogens is 288 g/mol. The average Bonchev–Trinajstić information content (AvgIpc) is 2.64. The van der Waals surface area contributed by atoms with Gasteiger partial charge in [0.2, 0.25) is 0 Å². The maximum Gasteiger partial charge on any atom is 0.305 e. The van der Waals surface area contributed by atoms with E-state index < -0.39 is 49.3 Å². The van der Waals surface area contributed by atoms with Crippen molar-refractivity contribution in [2.75, 3.05) is 13.2 Å². The standard InChI is InChI=1S/C8H14O7.C4H8O2/c1-4(11)14-8(3-10)7(13)6(12)5(2-9)15-8;1-3(2)4(5)6/h5-7,9-10,12-13H,2-3H2,1H3;3H,1-2H3,(H,5,6)/t5-,6-,7+,8-;/m1./s1. The highest BCUT2D eigenvalue weighted by molar-refractivity contribution is 5.68. The van der Waals surface area contributed by atoms with Crippen LogP contribution in [0.15, 0.2) is 0 Å². The van der Waals surface area contributed by atoms with Gasteiger partial charge in [-0.05, 0) is 0 Å². The Balaban J connectivity index is 0.000000567. The number of carboxylic acid groups (broad SMARTS) is 1. The maximum absolute atomic E-state index is 10.7. The zero-order chi connectivity index (χ0) is 16.8. The second-order valence-electron chi connectivity index (χ2n) is 4.83. The van der Waals surface area contributed by atoms with Gasteiger partial charge < -0.3 is 35.0 Å². The molecule has 21 heavy (non-hydrogen) atoms. The van der Waals surface area contributed by atoms with Crippen molar-refractivity contribution in [2.45, 2.75) is 44.9 Å². The fraction of sp³-hybridized carbons (Fsp3) is 0.833. The molecule has 1 aliphatic rings. The minimum absolute atomic E-state index is 0.231. The summed E-state index contributed by atoms with van der Waals surface area (Å²) in [7, 11) is 0. The summed E-state index contributed by atoms with van der Waals surface area (Å²) in [5.74, 6) is -3.73. The number of rotatable bonds is 4. The molecular formula is C12H22O9. The van der Waals surface area contributed by atoms with Gasteiger partial charge in [0.1, 0.15) is 18.8 Å². The Labute approximate surface area is 121 Å². The van der Waals surface area contributed by atoms with Crippen molar-refractivity contribution in [3.8, 4) is 0 Å². The van der Waals surface area contributed by atoms with Crippen LogP contribution in [0, 0.1) is 5.92 Å². The van der Waals surface area contributed by atoms with Crippen molar-refractivity contribution >= 4 is 11.9 Å². The summed E-state index contributed by atoms with van der Waals surface area (Å²) in [5.41, 5.74) is 0. The largest absolute Gasteiger partial charge is 0.481 e. The van der Waals surface area contributed by atoms with Crippen LogP contribution >= 0.6 is 0 Å². The van der Waals surface area contributed by atoms with Crippen LogP contribution in [-0.4, -0.2) is 74.8 Å². The Morgan fingerprint density at radius 2 is 1.76 bits per heavy atom. The molecule has 0 aromatic carbocycles. The van der Waals surface area contributed by atoms with Gasteiger partial charge in [-0.3, -0.25) is 9.59 Å². The molecule has 0 aliphatic carbocycles. The molecule has 5 N–H and O–H groups in total. The number of aliphatic hydroxyl groups excluding tert-OH is 4. The number of hydrogen-bond donors (Lipinski definition) is 5.